The zero-order valence-corrected chi connectivity index (χ0v) is 11.9. The fraction of sp³-hybridized carbons (Fsp3) is 0.538. The molecule has 0 radical (unpaired) electrons. The highest BCUT2D eigenvalue weighted by Gasteiger charge is 2.32. The second kappa shape index (κ2) is 5.47. The minimum Gasteiger partial charge on any atom is -0.329 e. The van der Waals surface area contributed by atoms with Crippen LogP contribution in [0.4, 0.5) is 0 Å². The summed E-state index contributed by atoms with van der Waals surface area (Å²) in [4.78, 5) is 2.40. The normalized spacial score (nSPS) is 17.8. The van der Waals surface area contributed by atoms with Crippen molar-refractivity contribution in [2.45, 2.75) is 25.4 Å². The molecular weight excluding hydrogens is 311 g/mol. The van der Waals surface area contributed by atoms with Crippen molar-refractivity contribution in [2.75, 3.05) is 13.6 Å². The van der Waals surface area contributed by atoms with Crippen LogP contribution in [0.2, 0.25) is 0 Å². The topological polar surface area (TPSA) is 29.3 Å². The molecule has 88 valence electrons. The highest BCUT2D eigenvalue weighted by Crippen LogP contribution is 2.34. The summed E-state index contributed by atoms with van der Waals surface area (Å²) >= 11 is 2.34. The summed E-state index contributed by atoms with van der Waals surface area (Å²) in [6.45, 7) is 1.79. The van der Waals surface area contributed by atoms with Crippen LogP contribution in [0.5, 0.6) is 0 Å². The lowest BCUT2D eigenvalue weighted by molar-refractivity contribution is 0.215. The first kappa shape index (κ1) is 12.3. The Hall–Kier alpha value is -0.130. The number of nitrogens with zero attached hydrogens (tertiary/aromatic N) is 1. The van der Waals surface area contributed by atoms with Gasteiger partial charge in [-0.3, -0.25) is 4.90 Å². The SMILES string of the molecule is CN(Cc1ccc(I)cc1)C(CN)C1CC1. The van der Waals surface area contributed by atoms with E-state index in [0.717, 1.165) is 19.0 Å². The summed E-state index contributed by atoms with van der Waals surface area (Å²) in [5.74, 6) is 0.846. The summed E-state index contributed by atoms with van der Waals surface area (Å²) in [7, 11) is 2.19. The molecular formula is C13H19IN2. The lowest BCUT2D eigenvalue weighted by Crippen LogP contribution is -2.39. The van der Waals surface area contributed by atoms with Crippen molar-refractivity contribution in [1.82, 2.24) is 4.90 Å². The van der Waals surface area contributed by atoms with Crippen molar-refractivity contribution in [3.8, 4) is 0 Å². The van der Waals surface area contributed by atoms with E-state index in [1.54, 1.807) is 0 Å². The van der Waals surface area contributed by atoms with E-state index in [1.807, 2.05) is 0 Å². The van der Waals surface area contributed by atoms with E-state index in [4.69, 9.17) is 5.73 Å². The van der Waals surface area contributed by atoms with Gasteiger partial charge in [-0.2, -0.15) is 0 Å². The van der Waals surface area contributed by atoms with Gasteiger partial charge in [0, 0.05) is 22.7 Å². The van der Waals surface area contributed by atoms with Gasteiger partial charge < -0.3 is 5.73 Å². The van der Waals surface area contributed by atoms with Gasteiger partial charge in [0.15, 0.2) is 0 Å². The van der Waals surface area contributed by atoms with Gasteiger partial charge in [-0.05, 0) is 66.1 Å². The van der Waals surface area contributed by atoms with Crippen molar-refractivity contribution < 1.29 is 0 Å². The second-order valence-corrected chi connectivity index (χ2v) is 5.93. The zero-order valence-electron chi connectivity index (χ0n) is 9.70. The maximum absolute atomic E-state index is 5.85. The molecule has 2 nitrogen and oxygen atoms in total. The second-order valence-electron chi connectivity index (χ2n) is 4.68. The Morgan fingerprint density at radius 2 is 2.00 bits per heavy atom. The van der Waals surface area contributed by atoms with Crippen LogP contribution in [0.3, 0.4) is 0 Å². The maximum atomic E-state index is 5.85. The fourth-order valence-electron chi connectivity index (χ4n) is 2.21. The lowest BCUT2D eigenvalue weighted by Gasteiger charge is -2.27. The molecule has 0 heterocycles. The van der Waals surface area contributed by atoms with Crippen LogP contribution in [0.15, 0.2) is 24.3 Å². The van der Waals surface area contributed by atoms with Gasteiger partial charge in [0.2, 0.25) is 0 Å². The predicted octanol–water partition coefficient (Wildman–Crippen LogP) is 2.46. The third-order valence-electron chi connectivity index (χ3n) is 3.32. The van der Waals surface area contributed by atoms with E-state index < -0.39 is 0 Å². The third-order valence-corrected chi connectivity index (χ3v) is 4.04. The quantitative estimate of drug-likeness (QED) is 0.841. The Kier molecular flexibility index (Phi) is 4.21. The van der Waals surface area contributed by atoms with Crippen LogP contribution >= 0.6 is 22.6 Å². The zero-order chi connectivity index (χ0) is 11.5. The summed E-state index contributed by atoms with van der Waals surface area (Å²) in [5, 5.41) is 0. The molecule has 0 aliphatic heterocycles. The van der Waals surface area contributed by atoms with Gasteiger partial charge in [0.05, 0.1) is 0 Å². The smallest absolute Gasteiger partial charge is 0.0247 e. The number of halogens is 1. The number of hydrogen-bond acceptors (Lipinski definition) is 2. The van der Waals surface area contributed by atoms with Crippen molar-refractivity contribution in [1.29, 1.82) is 0 Å². The van der Waals surface area contributed by atoms with E-state index >= 15 is 0 Å². The monoisotopic (exact) mass is 330 g/mol. The van der Waals surface area contributed by atoms with Crippen LogP contribution in [0.25, 0.3) is 0 Å². The Morgan fingerprint density at radius 3 is 2.50 bits per heavy atom. The predicted molar refractivity (Wildman–Crippen MR) is 76.2 cm³/mol. The van der Waals surface area contributed by atoms with Gasteiger partial charge >= 0.3 is 0 Å². The number of hydrogen-bond donors (Lipinski definition) is 1. The van der Waals surface area contributed by atoms with E-state index in [2.05, 4.69) is 58.8 Å². The van der Waals surface area contributed by atoms with Crippen LogP contribution < -0.4 is 5.73 Å². The first-order valence-corrected chi connectivity index (χ1v) is 6.93. The molecule has 3 heteroatoms. The average Bonchev–Trinajstić information content (AvgIpc) is 3.07. The fourth-order valence-corrected chi connectivity index (χ4v) is 2.57. The third kappa shape index (κ3) is 3.18. The van der Waals surface area contributed by atoms with Crippen LogP contribution in [0, 0.1) is 9.49 Å². The van der Waals surface area contributed by atoms with E-state index in [1.165, 1.54) is 22.0 Å². The minimum absolute atomic E-state index is 0.569. The molecule has 0 bridgehead atoms. The molecule has 2 rings (SSSR count). The highest BCUT2D eigenvalue weighted by molar-refractivity contribution is 14.1. The molecule has 1 fully saturated rings. The molecule has 1 atom stereocenters. The van der Waals surface area contributed by atoms with Crippen LogP contribution in [-0.4, -0.2) is 24.5 Å². The Morgan fingerprint density at radius 1 is 1.38 bits per heavy atom. The number of nitrogens with two attached hydrogens (primary N) is 1. The molecule has 2 N–H and O–H groups in total. The van der Waals surface area contributed by atoms with Crippen molar-refractivity contribution in [3.05, 3.63) is 33.4 Å². The Labute approximate surface area is 111 Å². The van der Waals surface area contributed by atoms with Crippen LogP contribution in [0.1, 0.15) is 18.4 Å². The molecule has 1 aliphatic carbocycles. The van der Waals surface area contributed by atoms with Gasteiger partial charge in [0.25, 0.3) is 0 Å². The van der Waals surface area contributed by atoms with Gasteiger partial charge in [-0.1, -0.05) is 12.1 Å². The first-order chi connectivity index (χ1) is 7.70. The van der Waals surface area contributed by atoms with Crippen molar-refractivity contribution >= 4 is 22.6 Å². The summed E-state index contributed by atoms with van der Waals surface area (Å²) in [6.07, 6.45) is 2.72. The summed E-state index contributed by atoms with van der Waals surface area (Å²) in [6, 6.07) is 9.31. The maximum Gasteiger partial charge on any atom is 0.0247 e. The number of rotatable bonds is 5. The summed E-state index contributed by atoms with van der Waals surface area (Å²) < 4.78 is 1.29. The molecule has 0 spiro atoms. The molecule has 16 heavy (non-hydrogen) atoms. The largest absolute Gasteiger partial charge is 0.329 e. The molecule has 0 saturated heterocycles. The number of benzene rings is 1. The van der Waals surface area contributed by atoms with Crippen molar-refractivity contribution in [2.24, 2.45) is 11.7 Å². The average molecular weight is 330 g/mol. The van der Waals surface area contributed by atoms with Crippen LogP contribution in [-0.2, 0) is 6.54 Å². The first-order valence-electron chi connectivity index (χ1n) is 5.85. The highest BCUT2D eigenvalue weighted by atomic mass is 127. The molecule has 0 aromatic heterocycles. The standard InChI is InChI=1S/C13H19IN2/c1-16(13(8-15)11-4-5-11)9-10-2-6-12(14)7-3-10/h2-3,6-7,11,13H,4-5,8-9,15H2,1H3. The molecule has 1 aromatic rings. The van der Waals surface area contributed by atoms with Gasteiger partial charge in [-0.15, -0.1) is 0 Å². The molecule has 1 aliphatic rings. The Balaban J connectivity index is 1.94. The van der Waals surface area contributed by atoms with Crippen molar-refractivity contribution in [3.63, 3.8) is 0 Å². The molecule has 1 saturated carbocycles. The number of likely N-dealkylation sites (N-methyl/N-ethyl adjacent to an activating group) is 1. The van der Waals surface area contributed by atoms with E-state index in [-0.39, 0.29) is 0 Å². The van der Waals surface area contributed by atoms with Gasteiger partial charge in [-0.25, -0.2) is 0 Å². The molecule has 0 amide bonds. The van der Waals surface area contributed by atoms with E-state index in [9.17, 15) is 0 Å². The lowest BCUT2D eigenvalue weighted by atomic mass is 10.1. The van der Waals surface area contributed by atoms with E-state index in [0.29, 0.717) is 6.04 Å². The summed E-state index contributed by atoms with van der Waals surface area (Å²) in [5.41, 5.74) is 7.23. The molecule has 1 unspecified atom stereocenters. The van der Waals surface area contributed by atoms with Gasteiger partial charge in [0.1, 0.15) is 0 Å². The molecule has 1 aromatic carbocycles. The Bertz CT molecular complexity index is 332. The minimum atomic E-state index is 0.569.